The first-order valence-corrected chi connectivity index (χ1v) is 10.2. The highest BCUT2D eigenvalue weighted by molar-refractivity contribution is 7.16. The van der Waals surface area contributed by atoms with Crippen LogP contribution in [0, 0.1) is 13.8 Å². The van der Waals surface area contributed by atoms with E-state index in [2.05, 4.69) is 9.97 Å². The van der Waals surface area contributed by atoms with Gasteiger partial charge in [-0.05, 0) is 44.9 Å². The molecular weight excluding hydrogens is 398 g/mol. The van der Waals surface area contributed by atoms with Crippen LogP contribution in [0.1, 0.15) is 45.7 Å². The molecule has 7 nitrogen and oxygen atoms in total. The van der Waals surface area contributed by atoms with Gasteiger partial charge in [-0.1, -0.05) is 11.6 Å². The van der Waals surface area contributed by atoms with E-state index in [1.807, 2.05) is 37.8 Å². The third-order valence-corrected chi connectivity index (χ3v) is 6.00. The second kappa shape index (κ2) is 8.28. The molecule has 3 aromatic rings. The first-order valence-electron chi connectivity index (χ1n) is 8.96. The summed E-state index contributed by atoms with van der Waals surface area (Å²) in [7, 11) is 0. The third kappa shape index (κ3) is 4.02. The van der Waals surface area contributed by atoms with Crippen molar-refractivity contribution < 1.29 is 9.59 Å². The zero-order chi connectivity index (χ0) is 20.4. The second-order valence-electron chi connectivity index (χ2n) is 6.53. The van der Waals surface area contributed by atoms with Crippen LogP contribution < -0.4 is 5.73 Å². The van der Waals surface area contributed by atoms with Gasteiger partial charge >= 0.3 is 0 Å². The zero-order valence-corrected chi connectivity index (χ0v) is 17.6. The SMILES string of the molecule is CCN(Cc1ccc(Cl)s1)C(=O)CCc1c(C)nc2c(C(N)=O)ncn2c1C. The smallest absolute Gasteiger partial charge is 0.271 e. The van der Waals surface area contributed by atoms with Crippen molar-refractivity contribution >= 4 is 40.4 Å². The van der Waals surface area contributed by atoms with Crippen LogP contribution in [0.3, 0.4) is 0 Å². The van der Waals surface area contributed by atoms with Crippen molar-refractivity contribution in [1.29, 1.82) is 0 Å². The van der Waals surface area contributed by atoms with Gasteiger partial charge in [0.1, 0.15) is 6.33 Å². The first kappa shape index (κ1) is 20.3. The molecule has 0 atom stereocenters. The Bertz CT molecular complexity index is 1040. The fourth-order valence-electron chi connectivity index (χ4n) is 3.25. The minimum atomic E-state index is -0.607. The third-order valence-electron chi connectivity index (χ3n) is 4.78. The number of aryl methyl sites for hydroxylation is 2. The number of hydrogen-bond acceptors (Lipinski definition) is 5. The molecule has 3 rings (SSSR count). The molecule has 2 N–H and O–H groups in total. The lowest BCUT2D eigenvalue weighted by Crippen LogP contribution is -2.30. The van der Waals surface area contributed by atoms with Gasteiger partial charge in [0.2, 0.25) is 5.91 Å². The number of carbonyl (C=O) groups excluding carboxylic acids is 2. The van der Waals surface area contributed by atoms with Gasteiger partial charge in [-0.3, -0.25) is 14.0 Å². The molecule has 0 aromatic carbocycles. The molecule has 0 spiro atoms. The van der Waals surface area contributed by atoms with E-state index in [1.54, 1.807) is 10.7 Å². The molecule has 3 aromatic heterocycles. The normalized spacial score (nSPS) is 11.1. The van der Waals surface area contributed by atoms with Crippen molar-refractivity contribution in [2.45, 2.75) is 40.2 Å². The Morgan fingerprint density at radius 1 is 1.32 bits per heavy atom. The van der Waals surface area contributed by atoms with Crippen LogP contribution in [0.5, 0.6) is 0 Å². The van der Waals surface area contributed by atoms with E-state index in [4.69, 9.17) is 17.3 Å². The van der Waals surface area contributed by atoms with Gasteiger partial charge in [-0.25, -0.2) is 9.97 Å². The topological polar surface area (TPSA) is 93.6 Å². The number of rotatable bonds is 7. The van der Waals surface area contributed by atoms with E-state index in [0.29, 0.717) is 31.6 Å². The van der Waals surface area contributed by atoms with E-state index in [9.17, 15) is 9.59 Å². The lowest BCUT2D eigenvalue weighted by atomic mass is 10.1. The zero-order valence-electron chi connectivity index (χ0n) is 16.0. The fourth-order valence-corrected chi connectivity index (χ4v) is 4.36. The molecule has 0 saturated heterocycles. The largest absolute Gasteiger partial charge is 0.364 e. The highest BCUT2D eigenvalue weighted by Crippen LogP contribution is 2.23. The first-order chi connectivity index (χ1) is 13.3. The van der Waals surface area contributed by atoms with Crippen LogP contribution in [0.25, 0.3) is 5.65 Å². The molecule has 0 fully saturated rings. The number of carbonyl (C=O) groups is 2. The molecule has 0 unspecified atom stereocenters. The van der Waals surface area contributed by atoms with Crippen molar-refractivity contribution in [3.8, 4) is 0 Å². The van der Waals surface area contributed by atoms with Crippen molar-refractivity contribution in [3.05, 3.63) is 50.3 Å². The molecule has 2 amide bonds. The summed E-state index contributed by atoms with van der Waals surface area (Å²) in [6, 6.07) is 3.80. The minimum Gasteiger partial charge on any atom is -0.364 e. The Morgan fingerprint density at radius 3 is 2.68 bits per heavy atom. The number of nitrogens with two attached hydrogens (primary N) is 1. The van der Waals surface area contributed by atoms with E-state index in [-0.39, 0.29) is 11.6 Å². The van der Waals surface area contributed by atoms with Crippen LogP contribution in [-0.4, -0.2) is 37.6 Å². The molecule has 0 aliphatic heterocycles. The second-order valence-corrected chi connectivity index (χ2v) is 8.33. The molecule has 0 aliphatic carbocycles. The van der Waals surface area contributed by atoms with E-state index in [1.165, 1.54) is 11.3 Å². The minimum absolute atomic E-state index is 0.0781. The lowest BCUT2D eigenvalue weighted by Gasteiger charge is -2.20. The monoisotopic (exact) mass is 419 g/mol. The highest BCUT2D eigenvalue weighted by atomic mass is 35.5. The number of nitrogens with zero attached hydrogens (tertiary/aromatic N) is 4. The number of hydrogen-bond donors (Lipinski definition) is 1. The predicted molar refractivity (Wildman–Crippen MR) is 110 cm³/mol. The molecule has 9 heteroatoms. The maximum absolute atomic E-state index is 12.7. The average molecular weight is 420 g/mol. The Kier molecular flexibility index (Phi) is 6.00. The van der Waals surface area contributed by atoms with Crippen LogP contribution >= 0.6 is 22.9 Å². The number of halogens is 1. The molecule has 3 heterocycles. The maximum Gasteiger partial charge on any atom is 0.271 e. The number of primary amides is 1. The number of aromatic nitrogens is 3. The van der Waals surface area contributed by atoms with Crippen LogP contribution in [0.2, 0.25) is 4.34 Å². The summed E-state index contributed by atoms with van der Waals surface area (Å²) >= 11 is 7.47. The van der Waals surface area contributed by atoms with Gasteiger partial charge in [-0.2, -0.15) is 0 Å². The average Bonchev–Trinajstić information content (AvgIpc) is 3.25. The number of imidazole rings is 1. The summed E-state index contributed by atoms with van der Waals surface area (Å²) in [5.41, 5.74) is 8.62. The van der Waals surface area contributed by atoms with Crippen molar-refractivity contribution in [2.24, 2.45) is 5.73 Å². The van der Waals surface area contributed by atoms with Crippen molar-refractivity contribution in [1.82, 2.24) is 19.3 Å². The van der Waals surface area contributed by atoms with Crippen LogP contribution in [-0.2, 0) is 17.8 Å². The fraction of sp³-hybridized carbons (Fsp3) is 0.368. The standard InChI is InChI=1S/C19H22ClN5O2S/c1-4-24(9-13-5-7-15(20)28-13)16(26)8-6-14-11(2)23-19-17(18(21)27)22-10-25(19)12(14)3/h5,7,10H,4,6,8-9H2,1-3H3,(H2,21,27). The quantitative estimate of drug-likeness (QED) is 0.636. The van der Waals surface area contributed by atoms with E-state index in [0.717, 1.165) is 26.2 Å². The Hall–Kier alpha value is -2.45. The number of fused-ring (bicyclic) bond motifs is 1. The summed E-state index contributed by atoms with van der Waals surface area (Å²) < 4.78 is 2.47. The van der Waals surface area contributed by atoms with Crippen molar-refractivity contribution in [2.75, 3.05) is 6.54 Å². The van der Waals surface area contributed by atoms with Crippen LogP contribution in [0.4, 0.5) is 0 Å². The molecule has 28 heavy (non-hydrogen) atoms. The molecule has 0 radical (unpaired) electrons. The van der Waals surface area contributed by atoms with E-state index >= 15 is 0 Å². The summed E-state index contributed by atoms with van der Waals surface area (Å²) in [6.07, 6.45) is 2.48. The summed E-state index contributed by atoms with van der Waals surface area (Å²) in [4.78, 5) is 35.7. The van der Waals surface area contributed by atoms with Gasteiger partial charge in [-0.15, -0.1) is 11.3 Å². The van der Waals surface area contributed by atoms with Gasteiger partial charge in [0.05, 0.1) is 10.9 Å². The highest BCUT2D eigenvalue weighted by Gasteiger charge is 2.19. The lowest BCUT2D eigenvalue weighted by molar-refractivity contribution is -0.131. The Balaban J connectivity index is 1.76. The predicted octanol–water partition coefficient (Wildman–Crippen LogP) is 3.14. The molecule has 148 valence electrons. The number of amides is 2. The molecule has 0 aliphatic rings. The summed E-state index contributed by atoms with van der Waals surface area (Å²) in [5, 5.41) is 0. The summed E-state index contributed by atoms with van der Waals surface area (Å²) in [6.45, 7) is 6.96. The Labute approximate surface area is 172 Å². The van der Waals surface area contributed by atoms with Gasteiger partial charge < -0.3 is 10.6 Å². The van der Waals surface area contributed by atoms with Crippen LogP contribution in [0.15, 0.2) is 18.5 Å². The maximum atomic E-state index is 12.7. The van der Waals surface area contributed by atoms with Gasteiger partial charge in [0.15, 0.2) is 11.3 Å². The molecule has 0 bridgehead atoms. The van der Waals surface area contributed by atoms with E-state index < -0.39 is 5.91 Å². The number of thiophene rings is 1. The van der Waals surface area contributed by atoms with Gasteiger partial charge in [0, 0.05) is 29.2 Å². The van der Waals surface area contributed by atoms with Crippen molar-refractivity contribution in [3.63, 3.8) is 0 Å². The summed E-state index contributed by atoms with van der Waals surface area (Å²) in [5.74, 6) is -0.529. The Morgan fingerprint density at radius 2 is 2.07 bits per heavy atom. The van der Waals surface area contributed by atoms with Gasteiger partial charge in [0.25, 0.3) is 5.91 Å². The molecule has 0 saturated carbocycles. The molecular formula is C19H22ClN5O2S.